The van der Waals surface area contributed by atoms with Gasteiger partial charge >= 0.3 is 0 Å². The van der Waals surface area contributed by atoms with E-state index < -0.39 is 6.10 Å². The van der Waals surface area contributed by atoms with Crippen LogP contribution in [0.5, 0.6) is 0 Å². The van der Waals surface area contributed by atoms with Crippen LogP contribution in [-0.4, -0.2) is 42.2 Å². The van der Waals surface area contributed by atoms with Gasteiger partial charge in [0.15, 0.2) is 0 Å². The Bertz CT molecular complexity index is 450. The zero-order chi connectivity index (χ0) is 13.9. The Kier molecular flexibility index (Phi) is 4.34. The lowest BCUT2D eigenvalue weighted by Gasteiger charge is -2.16. The summed E-state index contributed by atoms with van der Waals surface area (Å²) in [5.41, 5.74) is 0.642. The van der Waals surface area contributed by atoms with Gasteiger partial charge in [0.25, 0.3) is 0 Å². The average molecular weight is 278 g/mol. The van der Waals surface area contributed by atoms with Crippen molar-refractivity contribution in [2.24, 2.45) is 5.92 Å². The second kappa shape index (κ2) is 6.20. The minimum absolute atomic E-state index is 0.294. The summed E-state index contributed by atoms with van der Waals surface area (Å²) in [6.07, 6.45) is 3.36. The molecule has 20 heavy (non-hydrogen) atoms. The Morgan fingerprint density at radius 2 is 2.20 bits per heavy atom. The molecule has 1 aliphatic carbocycles. The van der Waals surface area contributed by atoms with Crippen LogP contribution in [0, 0.1) is 11.7 Å². The molecule has 3 rings (SSSR count). The molecule has 0 amide bonds. The quantitative estimate of drug-likeness (QED) is 0.834. The standard InChI is InChI=1S/C16H23FN2O/c17-14-3-1-2-13(8-14)16(20)10-18-9-12-6-7-19(11-12)15-4-5-15/h1-3,8,12,15-16,18,20H,4-7,9-11H2. The zero-order valence-electron chi connectivity index (χ0n) is 11.8. The molecule has 0 spiro atoms. The van der Waals surface area contributed by atoms with Gasteiger partial charge in [0.1, 0.15) is 5.82 Å². The smallest absolute Gasteiger partial charge is 0.123 e. The summed E-state index contributed by atoms with van der Waals surface area (Å²) in [6, 6.07) is 7.06. The van der Waals surface area contributed by atoms with Gasteiger partial charge in [-0.15, -0.1) is 0 Å². The Morgan fingerprint density at radius 1 is 1.35 bits per heavy atom. The average Bonchev–Trinajstić information content (AvgIpc) is 3.19. The first-order valence-corrected chi connectivity index (χ1v) is 7.60. The van der Waals surface area contributed by atoms with Crippen molar-refractivity contribution in [3.63, 3.8) is 0 Å². The fraction of sp³-hybridized carbons (Fsp3) is 0.625. The second-order valence-corrected chi connectivity index (χ2v) is 6.11. The van der Waals surface area contributed by atoms with Gasteiger partial charge in [-0.3, -0.25) is 0 Å². The van der Waals surface area contributed by atoms with Crippen molar-refractivity contribution in [3.8, 4) is 0 Å². The first-order valence-electron chi connectivity index (χ1n) is 7.60. The Hall–Kier alpha value is -0.970. The maximum Gasteiger partial charge on any atom is 0.123 e. The SMILES string of the molecule is OC(CNCC1CCN(C2CC2)C1)c1cccc(F)c1. The van der Waals surface area contributed by atoms with Gasteiger partial charge in [-0.25, -0.2) is 4.39 Å². The molecular weight excluding hydrogens is 255 g/mol. The van der Waals surface area contributed by atoms with E-state index in [0.29, 0.717) is 18.0 Å². The molecule has 0 aromatic heterocycles. The van der Waals surface area contributed by atoms with Crippen LogP contribution in [0.1, 0.15) is 30.9 Å². The molecule has 1 saturated carbocycles. The van der Waals surface area contributed by atoms with Crippen LogP contribution in [0.4, 0.5) is 4.39 Å². The highest BCUT2D eigenvalue weighted by atomic mass is 19.1. The van der Waals surface area contributed by atoms with Crippen LogP contribution in [0.15, 0.2) is 24.3 Å². The van der Waals surface area contributed by atoms with E-state index in [1.807, 2.05) is 0 Å². The molecule has 4 heteroatoms. The van der Waals surface area contributed by atoms with Gasteiger partial charge in [-0.1, -0.05) is 12.1 Å². The van der Waals surface area contributed by atoms with Gasteiger partial charge in [-0.2, -0.15) is 0 Å². The fourth-order valence-corrected chi connectivity index (χ4v) is 3.06. The third-order valence-corrected chi connectivity index (χ3v) is 4.38. The van der Waals surface area contributed by atoms with Gasteiger partial charge in [0.05, 0.1) is 6.10 Å². The molecule has 2 atom stereocenters. The highest BCUT2D eigenvalue weighted by Crippen LogP contribution is 2.31. The number of hydrogen-bond donors (Lipinski definition) is 2. The lowest BCUT2D eigenvalue weighted by Crippen LogP contribution is -2.30. The van der Waals surface area contributed by atoms with E-state index >= 15 is 0 Å². The molecular formula is C16H23FN2O. The fourth-order valence-electron chi connectivity index (χ4n) is 3.06. The van der Waals surface area contributed by atoms with Crippen LogP contribution in [0.2, 0.25) is 0 Å². The van der Waals surface area contributed by atoms with Crippen LogP contribution in [-0.2, 0) is 0 Å². The highest BCUT2D eigenvalue weighted by molar-refractivity contribution is 5.18. The first-order chi connectivity index (χ1) is 9.72. The monoisotopic (exact) mass is 278 g/mol. The second-order valence-electron chi connectivity index (χ2n) is 6.11. The predicted molar refractivity (Wildman–Crippen MR) is 76.9 cm³/mol. The van der Waals surface area contributed by atoms with E-state index in [2.05, 4.69) is 10.2 Å². The molecule has 0 bridgehead atoms. The summed E-state index contributed by atoms with van der Waals surface area (Å²) >= 11 is 0. The third-order valence-electron chi connectivity index (χ3n) is 4.38. The molecule has 1 aliphatic heterocycles. The molecule has 2 fully saturated rings. The summed E-state index contributed by atoms with van der Waals surface area (Å²) in [7, 11) is 0. The van der Waals surface area contributed by atoms with E-state index in [1.54, 1.807) is 12.1 Å². The maximum absolute atomic E-state index is 13.1. The van der Waals surface area contributed by atoms with E-state index in [4.69, 9.17) is 0 Å². The Morgan fingerprint density at radius 3 is 2.95 bits per heavy atom. The summed E-state index contributed by atoms with van der Waals surface area (Å²) in [5.74, 6) is 0.396. The largest absolute Gasteiger partial charge is 0.387 e. The number of nitrogens with zero attached hydrogens (tertiary/aromatic N) is 1. The number of benzene rings is 1. The van der Waals surface area contributed by atoms with Crippen LogP contribution in [0.25, 0.3) is 0 Å². The van der Waals surface area contributed by atoms with E-state index in [0.717, 1.165) is 12.6 Å². The zero-order valence-corrected chi connectivity index (χ0v) is 11.8. The maximum atomic E-state index is 13.1. The molecule has 3 nitrogen and oxygen atoms in total. The normalized spacial score (nSPS) is 25.0. The van der Waals surface area contributed by atoms with Crippen LogP contribution < -0.4 is 5.32 Å². The number of halogens is 1. The Labute approximate surface area is 119 Å². The van der Waals surface area contributed by atoms with Crippen molar-refractivity contribution in [3.05, 3.63) is 35.6 Å². The van der Waals surface area contributed by atoms with Crippen molar-refractivity contribution < 1.29 is 9.50 Å². The first kappa shape index (κ1) is 14.0. The van der Waals surface area contributed by atoms with Crippen molar-refractivity contribution in [1.29, 1.82) is 0 Å². The molecule has 1 aromatic rings. The molecule has 2 aliphatic rings. The number of aliphatic hydroxyl groups excluding tert-OH is 1. The van der Waals surface area contributed by atoms with E-state index in [1.165, 1.54) is 44.5 Å². The van der Waals surface area contributed by atoms with Gasteiger partial charge in [-0.05, 0) is 56.0 Å². The minimum atomic E-state index is -0.633. The number of nitrogens with one attached hydrogen (secondary N) is 1. The number of rotatable bonds is 6. The highest BCUT2D eigenvalue weighted by Gasteiger charge is 2.34. The molecule has 1 heterocycles. The summed E-state index contributed by atoms with van der Waals surface area (Å²) in [4.78, 5) is 2.59. The van der Waals surface area contributed by atoms with Crippen LogP contribution in [0.3, 0.4) is 0 Å². The lowest BCUT2D eigenvalue weighted by molar-refractivity contribution is 0.172. The Balaban J connectivity index is 1.39. The van der Waals surface area contributed by atoms with Crippen LogP contribution >= 0.6 is 0 Å². The van der Waals surface area contributed by atoms with Gasteiger partial charge in [0, 0.05) is 19.1 Å². The van der Waals surface area contributed by atoms with E-state index in [9.17, 15) is 9.50 Å². The summed E-state index contributed by atoms with van der Waals surface area (Å²) < 4.78 is 13.1. The molecule has 1 aromatic carbocycles. The minimum Gasteiger partial charge on any atom is -0.387 e. The molecule has 110 valence electrons. The number of aliphatic hydroxyl groups is 1. The predicted octanol–water partition coefficient (Wildman–Crippen LogP) is 1.93. The molecule has 2 unspecified atom stereocenters. The van der Waals surface area contributed by atoms with E-state index in [-0.39, 0.29) is 5.82 Å². The van der Waals surface area contributed by atoms with Crippen molar-refractivity contribution in [1.82, 2.24) is 10.2 Å². The lowest BCUT2D eigenvalue weighted by atomic mass is 10.1. The number of hydrogen-bond acceptors (Lipinski definition) is 3. The van der Waals surface area contributed by atoms with Crippen molar-refractivity contribution >= 4 is 0 Å². The van der Waals surface area contributed by atoms with Gasteiger partial charge in [0.2, 0.25) is 0 Å². The van der Waals surface area contributed by atoms with Crippen molar-refractivity contribution in [2.45, 2.75) is 31.4 Å². The van der Waals surface area contributed by atoms with Crippen molar-refractivity contribution in [2.75, 3.05) is 26.2 Å². The third kappa shape index (κ3) is 3.57. The topological polar surface area (TPSA) is 35.5 Å². The van der Waals surface area contributed by atoms with Gasteiger partial charge < -0.3 is 15.3 Å². The molecule has 2 N–H and O–H groups in total. The number of likely N-dealkylation sites (tertiary alicyclic amines) is 1. The summed E-state index contributed by atoms with van der Waals surface area (Å²) in [6.45, 7) is 3.84. The molecule has 1 saturated heterocycles. The summed E-state index contributed by atoms with van der Waals surface area (Å²) in [5, 5.41) is 13.4. The molecule has 0 radical (unpaired) electrons.